The van der Waals surface area contributed by atoms with Crippen molar-refractivity contribution in [3.8, 4) is 0 Å². The molecule has 1 nitrogen and oxygen atoms in total. The quantitative estimate of drug-likeness (QED) is 0.284. The van der Waals surface area contributed by atoms with Gasteiger partial charge in [-0.25, -0.2) is 0 Å². The molecule has 0 spiro atoms. The Morgan fingerprint density at radius 3 is 0.794 bits per heavy atom. The molecule has 206 valence electrons. The van der Waals surface area contributed by atoms with Gasteiger partial charge in [0.2, 0.25) is 0 Å². The second-order valence-corrected chi connectivity index (χ2v) is 6.38. The lowest BCUT2D eigenvalue weighted by molar-refractivity contribution is -0.474. The zero-order chi connectivity index (χ0) is 28.4. The minimum atomic E-state index is -9.04. The molecule has 0 aromatic heterocycles. The van der Waals surface area contributed by atoms with E-state index in [0.717, 1.165) is 0 Å². The molecule has 0 aromatic carbocycles. The van der Waals surface area contributed by atoms with Crippen molar-refractivity contribution in [3.05, 3.63) is 0 Å². The highest BCUT2D eigenvalue weighted by molar-refractivity contribution is 5.16. The minimum Gasteiger partial charge on any atom is -0.331 e. The lowest BCUT2D eigenvalue weighted by Gasteiger charge is -2.44. The van der Waals surface area contributed by atoms with Crippen molar-refractivity contribution < 1.29 is 97.3 Å². The van der Waals surface area contributed by atoms with E-state index in [1.807, 2.05) is 0 Å². The maximum absolute atomic E-state index is 13.3. The van der Waals surface area contributed by atoms with Crippen LogP contribution in [0, 0.1) is 0 Å². The molecule has 0 amide bonds. The summed E-state index contributed by atoms with van der Waals surface area (Å²) in [7, 11) is 0. The van der Waals surface area contributed by atoms with E-state index >= 15 is 0 Å². The summed E-state index contributed by atoms with van der Waals surface area (Å²) in [6.07, 6.45) is -20.2. The van der Waals surface area contributed by atoms with Crippen LogP contribution >= 0.6 is 0 Å². The molecule has 0 rings (SSSR count). The van der Waals surface area contributed by atoms with Crippen LogP contribution in [0.2, 0.25) is 0 Å². The van der Waals surface area contributed by atoms with E-state index in [1.54, 1.807) is 0 Å². The molecule has 1 N–H and O–H groups in total. The Bertz CT molecular complexity index is 725. The van der Waals surface area contributed by atoms with E-state index in [2.05, 4.69) is 0 Å². The Labute approximate surface area is 171 Å². The Hall–Kier alpha value is -1.51. The van der Waals surface area contributed by atoms with Crippen LogP contribution in [0.3, 0.4) is 0 Å². The van der Waals surface area contributed by atoms with Gasteiger partial charge in [0, 0.05) is 12.8 Å². The first kappa shape index (κ1) is 32.5. The fraction of sp³-hybridized carbons (Fsp3) is 1.00. The zero-order valence-corrected chi connectivity index (χ0v) is 14.8. The van der Waals surface area contributed by atoms with Crippen molar-refractivity contribution in [2.45, 2.75) is 72.5 Å². The average molecular weight is 564 g/mol. The largest absolute Gasteiger partial charge is 0.423 e. The van der Waals surface area contributed by atoms with Crippen LogP contribution < -0.4 is 0 Å². The molecule has 0 aliphatic carbocycles. The summed E-state index contributed by atoms with van der Waals surface area (Å²) in [5, 5.41) is 7.45. The molecular weight excluding hydrogens is 559 g/mol. The van der Waals surface area contributed by atoms with Crippen LogP contribution in [0.25, 0.3) is 0 Å². The average Bonchev–Trinajstić information content (AvgIpc) is 2.57. The first-order valence-corrected chi connectivity index (χ1v) is 7.40. The fourth-order valence-corrected chi connectivity index (χ4v) is 1.86. The Morgan fingerprint density at radius 1 is 0.324 bits per heavy atom. The Morgan fingerprint density at radius 2 is 0.559 bits per heavy atom. The molecule has 0 aliphatic rings. The molecule has 0 bridgehead atoms. The van der Waals surface area contributed by atoms with E-state index in [-0.39, 0.29) is 0 Å². The second kappa shape index (κ2) is 8.00. The molecule has 0 saturated carbocycles. The smallest absolute Gasteiger partial charge is 0.331 e. The van der Waals surface area contributed by atoms with Crippen LogP contribution in [0.4, 0.5) is 92.2 Å². The first-order valence-electron chi connectivity index (χ1n) is 7.40. The molecule has 0 aliphatic heterocycles. The lowest BCUT2D eigenvalue weighted by atomic mass is 9.86. The van der Waals surface area contributed by atoms with E-state index in [0.29, 0.717) is 0 Å². The fourth-order valence-electron chi connectivity index (χ4n) is 1.86. The number of halogens is 21. The van der Waals surface area contributed by atoms with Crippen LogP contribution in [0.5, 0.6) is 0 Å². The van der Waals surface area contributed by atoms with E-state index in [1.165, 1.54) is 0 Å². The van der Waals surface area contributed by atoms with E-state index in [9.17, 15) is 92.2 Å². The SMILES string of the molecule is OC(F)(F)C(F)(F)C(F)(F)C(F)(F)C(F)(F)C(F)(F)C(F)(F)C(F)(F)C(F)(F)CCC(F)(F)F. The summed E-state index contributed by atoms with van der Waals surface area (Å²) in [6, 6.07) is 0. The minimum absolute atomic E-state index is 3.21. The third kappa shape index (κ3) is 4.42. The van der Waals surface area contributed by atoms with Crippen molar-refractivity contribution in [2.75, 3.05) is 0 Å². The number of aliphatic hydroxyl groups is 1. The first-order chi connectivity index (χ1) is 14.2. The summed E-state index contributed by atoms with van der Waals surface area (Å²) in [4.78, 5) is 0. The lowest BCUT2D eigenvalue weighted by Crippen LogP contribution is -2.76. The predicted molar refractivity (Wildman–Crippen MR) is 62.0 cm³/mol. The summed E-state index contributed by atoms with van der Waals surface area (Å²) in [5.41, 5.74) is 0. The van der Waals surface area contributed by atoms with E-state index < -0.39 is 72.5 Å². The summed E-state index contributed by atoms with van der Waals surface area (Å²) >= 11 is 0. The predicted octanol–water partition coefficient (Wildman–Crippen LogP) is 7.00. The van der Waals surface area contributed by atoms with Crippen LogP contribution in [-0.4, -0.2) is 64.8 Å². The van der Waals surface area contributed by atoms with Crippen molar-refractivity contribution in [2.24, 2.45) is 0 Å². The molecule has 0 heterocycles. The molecular formula is C12H5F21O. The van der Waals surface area contributed by atoms with Gasteiger partial charge in [-0.05, 0) is 0 Å². The van der Waals surface area contributed by atoms with Gasteiger partial charge >= 0.3 is 59.7 Å². The summed E-state index contributed by atoms with van der Waals surface area (Å²) < 4.78 is 270. The van der Waals surface area contributed by atoms with Gasteiger partial charge in [-0.15, -0.1) is 0 Å². The Kier molecular flexibility index (Phi) is 7.65. The molecule has 0 unspecified atom stereocenters. The van der Waals surface area contributed by atoms with Gasteiger partial charge in [-0.2, -0.15) is 92.2 Å². The molecule has 34 heavy (non-hydrogen) atoms. The van der Waals surface area contributed by atoms with Crippen molar-refractivity contribution in [1.82, 2.24) is 0 Å². The third-order valence-electron chi connectivity index (χ3n) is 3.93. The second-order valence-electron chi connectivity index (χ2n) is 6.38. The van der Waals surface area contributed by atoms with Gasteiger partial charge in [0.25, 0.3) is 0 Å². The van der Waals surface area contributed by atoms with Crippen LogP contribution in [0.15, 0.2) is 0 Å². The number of hydrogen-bond donors (Lipinski definition) is 1. The molecule has 22 heteroatoms. The number of rotatable bonds is 10. The topological polar surface area (TPSA) is 20.2 Å². The van der Waals surface area contributed by atoms with Crippen LogP contribution in [0.1, 0.15) is 12.8 Å². The maximum atomic E-state index is 13.3. The third-order valence-corrected chi connectivity index (χ3v) is 3.93. The van der Waals surface area contributed by atoms with Gasteiger partial charge in [0.15, 0.2) is 0 Å². The highest BCUT2D eigenvalue weighted by Gasteiger charge is 2.96. The molecule has 0 aromatic rings. The molecule has 0 radical (unpaired) electrons. The standard InChI is InChI=1S/C12H5F21O/c13-3(14,1-2-4(15,16)17)5(18,19)6(20,21)7(22,23)8(24,25)9(26,27)10(28,29)11(30,31)12(32,33)34/h34H,1-2H2. The van der Waals surface area contributed by atoms with Gasteiger partial charge < -0.3 is 5.11 Å². The van der Waals surface area contributed by atoms with Gasteiger partial charge in [0.05, 0.1) is 0 Å². The maximum Gasteiger partial charge on any atom is 0.423 e. The highest BCUT2D eigenvalue weighted by Crippen LogP contribution is 2.65. The van der Waals surface area contributed by atoms with Gasteiger partial charge in [-0.3, -0.25) is 0 Å². The monoisotopic (exact) mass is 564 g/mol. The molecule has 0 fully saturated rings. The zero-order valence-electron chi connectivity index (χ0n) is 14.8. The van der Waals surface area contributed by atoms with Crippen LogP contribution in [-0.2, 0) is 0 Å². The number of alkyl halides is 21. The molecule has 0 saturated heterocycles. The summed E-state index contributed by atoms with van der Waals surface area (Å²) in [5.74, 6) is -67.9. The normalized spacial score (nSPS) is 16.8. The van der Waals surface area contributed by atoms with Gasteiger partial charge in [0.1, 0.15) is 0 Å². The highest BCUT2D eigenvalue weighted by atomic mass is 19.4. The van der Waals surface area contributed by atoms with Crippen molar-refractivity contribution in [1.29, 1.82) is 0 Å². The van der Waals surface area contributed by atoms with Crippen molar-refractivity contribution in [3.63, 3.8) is 0 Å². The Balaban J connectivity index is 6.77. The van der Waals surface area contributed by atoms with Crippen molar-refractivity contribution >= 4 is 0 Å². The summed E-state index contributed by atoms with van der Waals surface area (Å²) in [6.45, 7) is 0. The van der Waals surface area contributed by atoms with E-state index in [4.69, 9.17) is 5.11 Å². The molecule has 0 atom stereocenters. The number of hydrogen-bond acceptors (Lipinski definition) is 1. The van der Waals surface area contributed by atoms with Gasteiger partial charge in [-0.1, -0.05) is 0 Å².